The molecule has 0 unspecified atom stereocenters. The van der Waals surface area contributed by atoms with E-state index in [9.17, 15) is 0 Å². The van der Waals surface area contributed by atoms with Gasteiger partial charge in [0.15, 0.2) is 0 Å². The maximum Gasteiger partial charge on any atom is 2.00 e. The molecule has 0 N–H and O–H groups in total. The van der Waals surface area contributed by atoms with Crippen molar-refractivity contribution in [1.82, 2.24) is 0 Å². The summed E-state index contributed by atoms with van der Waals surface area (Å²) >= 11 is 20.7. The number of methoxy groups -OCH3 is 4. The van der Waals surface area contributed by atoms with Gasteiger partial charge in [-0.25, -0.2) is 0 Å². The summed E-state index contributed by atoms with van der Waals surface area (Å²) in [7, 11) is 6.53. The van der Waals surface area contributed by atoms with Gasteiger partial charge in [0, 0.05) is 22.7 Å². The Balaban J connectivity index is 0.000000280. The van der Waals surface area contributed by atoms with Crippen molar-refractivity contribution in [1.29, 1.82) is 0 Å². The first-order chi connectivity index (χ1) is 19.3. The van der Waals surface area contributed by atoms with Gasteiger partial charge in [-0.15, -0.1) is 0 Å². The quantitative estimate of drug-likeness (QED) is 0.108. The molecule has 4 aromatic carbocycles. The van der Waals surface area contributed by atoms with E-state index in [1.807, 2.05) is 107 Å². The molecule has 217 valence electrons. The van der Waals surface area contributed by atoms with Gasteiger partial charge in [0.2, 0.25) is 0 Å². The van der Waals surface area contributed by atoms with Gasteiger partial charge in [0.25, 0.3) is 0 Å². The maximum absolute atomic E-state index is 5.18. The molecule has 0 fully saturated rings. The van der Waals surface area contributed by atoms with E-state index in [1.54, 1.807) is 28.4 Å². The van der Waals surface area contributed by atoms with Crippen LogP contribution in [0, 0.1) is 0 Å². The zero-order chi connectivity index (χ0) is 29.1. The first kappa shape index (κ1) is 34.0. The van der Waals surface area contributed by atoms with E-state index in [2.05, 4.69) is 0 Å². The molecule has 11 heteroatoms. The van der Waals surface area contributed by atoms with Crippen molar-refractivity contribution in [2.24, 2.45) is 0 Å². The molecule has 0 amide bonds. The van der Waals surface area contributed by atoms with Crippen LogP contribution < -0.4 is 28.7 Å². The topological polar surface area (TPSA) is 43.4 Å². The van der Waals surface area contributed by atoms with Gasteiger partial charge in [0.1, 0.15) is 23.0 Å². The van der Waals surface area contributed by atoms with Crippen LogP contribution in [0.15, 0.2) is 97.1 Å². The van der Waals surface area contributed by atoms with E-state index in [0.717, 1.165) is 45.7 Å². The van der Waals surface area contributed by atoms with E-state index < -0.39 is 0 Å². The first-order valence-electron chi connectivity index (χ1n) is 11.9. The van der Waals surface area contributed by atoms with Gasteiger partial charge in [0.05, 0.1) is 28.4 Å². The smallest absolute Gasteiger partial charge is 0.497 e. The average molecular weight is 672 g/mol. The van der Waals surface area contributed by atoms with Crippen molar-refractivity contribution in [3.05, 3.63) is 97.1 Å². The number of benzene rings is 4. The molecule has 0 aliphatic rings. The van der Waals surface area contributed by atoms with E-state index in [4.69, 9.17) is 68.6 Å². The summed E-state index contributed by atoms with van der Waals surface area (Å²) in [5, 5.41) is 0. The molecule has 4 aromatic rings. The first-order valence-corrected chi connectivity index (χ1v) is 13.5. The Hall–Kier alpha value is -3.18. The van der Waals surface area contributed by atoms with Gasteiger partial charge in [-0.3, -0.25) is 0 Å². The van der Waals surface area contributed by atoms with Crippen LogP contribution in [0.2, 0.25) is 0 Å². The van der Waals surface area contributed by atoms with Crippen LogP contribution in [0.3, 0.4) is 0 Å². The Kier molecular flexibility index (Phi) is 14.1. The van der Waals surface area contributed by atoms with Crippen LogP contribution in [0.5, 0.6) is 23.0 Å². The Morgan fingerprint density at radius 1 is 0.439 bits per heavy atom. The molecule has 4 rings (SSSR count). The molecule has 0 atom stereocenters. The molecule has 0 aliphatic carbocycles. The van der Waals surface area contributed by atoms with Crippen molar-refractivity contribution in [3.8, 4) is 23.0 Å². The van der Waals surface area contributed by atoms with Crippen LogP contribution in [0.25, 0.3) is 0 Å². The summed E-state index contributed by atoms with van der Waals surface area (Å²) in [5.74, 6) is 3.16. The summed E-state index contributed by atoms with van der Waals surface area (Å²) < 4.78 is 21.3. The van der Waals surface area contributed by atoms with Gasteiger partial charge >= 0.3 is 17.1 Å². The van der Waals surface area contributed by atoms with Crippen molar-refractivity contribution >= 4 is 81.1 Å². The van der Waals surface area contributed by atoms with Crippen LogP contribution in [-0.2, 0) is 42.3 Å². The summed E-state index contributed by atoms with van der Waals surface area (Å²) in [6.07, 6.45) is 0. The van der Waals surface area contributed by atoms with E-state index in [0.29, 0.717) is 8.64 Å². The molecule has 0 saturated heterocycles. The number of ether oxygens (including phenoxy) is 4. The number of rotatable bonds is 8. The SMILES string of the molecule is COc1ccc(N(C(=S)[S-])c2ccc(OC)cc2)cc1.COc1ccc(N(C(=S)[S-])c2ccc(OC)cc2)cc1.[Cu+2]. The monoisotopic (exact) mass is 671 g/mol. The van der Waals surface area contributed by atoms with Crippen LogP contribution in [-0.4, -0.2) is 37.1 Å². The summed E-state index contributed by atoms with van der Waals surface area (Å²) in [5.41, 5.74) is 3.60. The second-order valence-corrected chi connectivity index (χ2v) is 10.1. The van der Waals surface area contributed by atoms with E-state index in [-0.39, 0.29) is 17.1 Å². The molecule has 41 heavy (non-hydrogen) atoms. The molecule has 0 spiro atoms. The Bertz CT molecular complexity index is 1180. The second kappa shape index (κ2) is 16.9. The summed E-state index contributed by atoms with van der Waals surface area (Å²) in [6, 6.07) is 30.3. The van der Waals surface area contributed by atoms with Crippen molar-refractivity contribution < 1.29 is 36.0 Å². The minimum Gasteiger partial charge on any atom is -0.497 e. The van der Waals surface area contributed by atoms with Crippen LogP contribution in [0.4, 0.5) is 22.7 Å². The molecular weight excluding hydrogens is 644 g/mol. The normalized spacial score (nSPS) is 9.66. The van der Waals surface area contributed by atoms with E-state index in [1.165, 1.54) is 0 Å². The van der Waals surface area contributed by atoms with Gasteiger partial charge in [-0.1, -0.05) is 8.64 Å². The third-order valence-electron chi connectivity index (χ3n) is 5.69. The fourth-order valence-electron chi connectivity index (χ4n) is 3.64. The van der Waals surface area contributed by atoms with Gasteiger partial charge in [-0.05, 0) is 97.1 Å². The van der Waals surface area contributed by atoms with Crippen molar-refractivity contribution in [2.75, 3.05) is 38.2 Å². The molecule has 0 saturated carbocycles. The van der Waals surface area contributed by atoms with E-state index >= 15 is 0 Å². The van der Waals surface area contributed by atoms with Crippen molar-refractivity contribution in [3.63, 3.8) is 0 Å². The predicted octanol–water partition coefficient (Wildman–Crippen LogP) is 7.34. The number of hydrogen-bond donors (Lipinski definition) is 0. The third-order valence-corrected chi connectivity index (χ3v) is 6.42. The Morgan fingerprint density at radius 3 is 0.732 bits per heavy atom. The zero-order valence-corrected chi connectivity index (χ0v) is 26.9. The number of thiocarbonyl (C=S) groups is 2. The third kappa shape index (κ3) is 9.43. The zero-order valence-electron chi connectivity index (χ0n) is 22.7. The molecule has 0 aliphatic heterocycles. The minimum atomic E-state index is 0. The number of anilines is 4. The van der Waals surface area contributed by atoms with Gasteiger partial charge < -0.3 is 78.4 Å². The Labute approximate surface area is 273 Å². The minimum absolute atomic E-state index is 0. The van der Waals surface area contributed by atoms with Crippen LogP contribution >= 0.6 is 24.4 Å². The average Bonchev–Trinajstić information content (AvgIpc) is 2.99. The molecule has 0 aromatic heterocycles. The van der Waals surface area contributed by atoms with Crippen LogP contribution in [0.1, 0.15) is 0 Å². The summed E-state index contributed by atoms with van der Waals surface area (Å²) in [4.78, 5) is 3.65. The molecular formula is C30H28CuN2O4S4. The molecule has 0 bridgehead atoms. The summed E-state index contributed by atoms with van der Waals surface area (Å²) in [6.45, 7) is 0. The predicted molar refractivity (Wildman–Crippen MR) is 176 cm³/mol. The fourth-order valence-corrected chi connectivity index (χ4v) is 4.49. The molecule has 6 nitrogen and oxygen atoms in total. The largest absolute Gasteiger partial charge is 2.00 e. The molecule has 1 radical (unpaired) electrons. The standard InChI is InChI=1S/2C15H15NO2S2.Cu/c2*1-17-13-7-3-11(4-8-13)16(15(19)20)12-5-9-14(18-2)10-6-12;/h2*3-10H,1-2H3,(H,19,20);/q;;+2/p-2. The Morgan fingerprint density at radius 2 is 0.610 bits per heavy atom. The maximum atomic E-state index is 5.18. The fraction of sp³-hybridized carbons (Fsp3) is 0.133. The van der Waals surface area contributed by atoms with Crippen molar-refractivity contribution in [2.45, 2.75) is 0 Å². The number of hydrogen-bond acceptors (Lipinski definition) is 8. The van der Waals surface area contributed by atoms with Gasteiger partial charge in [-0.2, -0.15) is 0 Å². The number of nitrogens with zero attached hydrogens (tertiary/aromatic N) is 2. The second-order valence-electron chi connectivity index (χ2n) is 7.99. The molecule has 0 heterocycles.